The Hall–Kier alpha value is -3.61. The molecule has 0 bridgehead atoms. The lowest BCUT2D eigenvalue weighted by molar-refractivity contribution is -0.115. The van der Waals surface area contributed by atoms with Crippen molar-refractivity contribution in [3.05, 3.63) is 72.0 Å². The summed E-state index contributed by atoms with van der Waals surface area (Å²) < 4.78 is 18.8. The molecule has 4 aromatic rings. The van der Waals surface area contributed by atoms with Gasteiger partial charge in [-0.25, -0.2) is 4.39 Å². The van der Waals surface area contributed by atoms with Gasteiger partial charge in [-0.15, -0.1) is 10.2 Å². The Labute approximate surface area is 154 Å². The zero-order valence-corrected chi connectivity index (χ0v) is 14.4. The minimum absolute atomic E-state index is 0.0705. The van der Waals surface area contributed by atoms with Crippen LogP contribution in [0.15, 0.2) is 59.1 Å². The molecule has 0 atom stereocenters. The van der Waals surface area contributed by atoms with Crippen LogP contribution in [0.4, 0.5) is 10.1 Å². The average Bonchev–Trinajstić information content (AvgIpc) is 3.12. The third kappa shape index (κ3) is 3.67. The lowest BCUT2D eigenvalue weighted by Gasteiger charge is -2.07. The Bertz CT molecular complexity index is 1140. The molecule has 0 aliphatic rings. The minimum Gasteiger partial charge on any atom is -0.420 e. The summed E-state index contributed by atoms with van der Waals surface area (Å²) in [6, 6.07) is 13.6. The molecule has 1 amide bonds. The number of amides is 1. The smallest absolute Gasteiger partial charge is 0.247 e. The van der Waals surface area contributed by atoms with Crippen LogP contribution in [0.2, 0.25) is 0 Å². The molecule has 0 aliphatic heterocycles. The maximum Gasteiger partial charge on any atom is 0.247 e. The zero-order chi connectivity index (χ0) is 18.8. The van der Waals surface area contributed by atoms with Gasteiger partial charge in [0, 0.05) is 22.8 Å². The summed E-state index contributed by atoms with van der Waals surface area (Å²) in [5.41, 5.74) is 2.81. The normalized spacial score (nSPS) is 10.9. The molecule has 2 aromatic heterocycles. The number of nitrogens with zero attached hydrogens (tertiary/aromatic N) is 3. The van der Waals surface area contributed by atoms with Crippen molar-refractivity contribution in [1.82, 2.24) is 15.2 Å². The van der Waals surface area contributed by atoms with E-state index >= 15 is 0 Å². The summed E-state index contributed by atoms with van der Waals surface area (Å²) in [6.07, 6.45) is 1.66. The van der Waals surface area contributed by atoms with Gasteiger partial charge in [0.05, 0.1) is 5.52 Å². The number of rotatable bonds is 4. The van der Waals surface area contributed by atoms with Gasteiger partial charge in [-0.3, -0.25) is 9.78 Å². The maximum absolute atomic E-state index is 13.1. The number of aryl methyl sites for hydroxylation is 1. The number of halogens is 1. The second kappa shape index (κ2) is 6.95. The third-order valence-electron chi connectivity index (χ3n) is 4.09. The van der Waals surface area contributed by atoms with Crippen molar-refractivity contribution < 1.29 is 13.6 Å². The first-order valence-corrected chi connectivity index (χ1v) is 8.32. The SMILES string of the molecule is Cc1cc(F)ccc1NC(=O)Cc1nnc(-c2ccc3ncccc3c2)o1. The number of carbonyl (C=O) groups is 1. The molecule has 0 radical (unpaired) electrons. The van der Waals surface area contributed by atoms with Gasteiger partial charge in [-0.2, -0.15) is 0 Å². The molecule has 0 unspecified atom stereocenters. The Morgan fingerprint density at radius 3 is 2.89 bits per heavy atom. The van der Waals surface area contributed by atoms with E-state index in [1.54, 1.807) is 13.1 Å². The largest absolute Gasteiger partial charge is 0.420 e. The monoisotopic (exact) mass is 362 g/mol. The van der Waals surface area contributed by atoms with Crippen LogP contribution >= 0.6 is 0 Å². The van der Waals surface area contributed by atoms with Gasteiger partial charge in [-0.05, 0) is 55.0 Å². The van der Waals surface area contributed by atoms with Crippen LogP contribution in [-0.2, 0) is 11.2 Å². The Balaban J connectivity index is 1.49. The van der Waals surface area contributed by atoms with Crippen LogP contribution in [0.25, 0.3) is 22.4 Å². The fraction of sp³-hybridized carbons (Fsp3) is 0.100. The van der Waals surface area contributed by atoms with E-state index in [0.29, 0.717) is 17.1 Å². The number of anilines is 1. The average molecular weight is 362 g/mol. The highest BCUT2D eigenvalue weighted by atomic mass is 19.1. The lowest BCUT2D eigenvalue weighted by atomic mass is 10.1. The predicted molar refractivity (Wildman–Crippen MR) is 98.5 cm³/mol. The molecule has 0 fully saturated rings. The number of aromatic nitrogens is 3. The van der Waals surface area contributed by atoms with Gasteiger partial charge in [0.25, 0.3) is 0 Å². The molecule has 2 heterocycles. The highest BCUT2D eigenvalue weighted by molar-refractivity contribution is 5.92. The second-order valence-electron chi connectivity index (χ2n) is 6.10. The number of carbonyl (C=O) groups excluding carboxylic acids is 1. The molecule has 134 valence electrons. The molecule has 6 nitrogen and oxygen atoms in total. The first-order valence-electron chi connectivity index (χ1n) is 8.32. The summed E-state index contributed by atoms with van der Waals surface area (Å²) in [7, 11) is 0. The molecule has 27 heavy (non-hydrogen) atoms. The zero-order valence-electron chi connectivity index (χ0n) is 14.4. The van der Waals surface area contributed by atoms with Crippen molar-refractivity contribution in [3.63, 3.8) is 0 Å². The Morgan fingerprint density at radius 2 is 2.04 bits per heavy atom. The van der Waals surface area contributed by atoms with E-state index in [4.69, 9.17) is 4.42 Å². The fourth-order valence-corrected chi connectivity index (χ4v) is 2.75. The molecule has 7 heteroatoms. The highest BCUT2D eigenvalue weighted by Crippen LogP contribution is 2.23. The van der Waals surface area contributed by atoms with Gasteiger partial charge in [0.1, 0.15) is 12.2 Å². The van der Waals surface area contributed by atoms with Crippen molar-refractivity contribution in [1.29, 1.82) is 0 Å². The van der Waals surface area contributed by atoms with E-state index in [2.05, 4.69) is 20.5 Å². The fourth-order valence-electron chi connectivity index (χ4n) is 2.75. The van der Waals surface area contributed by atoms with Gasteiger partial charge in [0.2, 0.25) is 17.7 Å². The van der Waals surface area contributed by atoms with Gasteiger partial charge >= 0.3 is 0 Å². The van der Waals surface area contributed by atoms with Crippen LogP contribution in [0, 0.1) is 12.7 Å². The molecule has 0 aliphatic carbocycles. The maximum atomic E-state index is 13.1. The highest BCUT2D eigenvalue weighted by Gasteiger charge is 2.14. The predicted octanol–water partition coefficient (Wildman–Crippen LogP) is 3.91. The number of benzene rings is 2. The van der Waals surface area contributed by atoms with Crippen molar-refractivity contribution in [3.8, 4) is 11.5 Å². The molecule has 0 saturated heterocycles. The standard InChI is InChI=1S/C20H15FN4O2/c1-12-9-15(21)5-7-16(12)23-18(26)11-19-24-25-20(27-19)14-4-6-17-13(10-14)3-2-8-22-17/h2-10H,11H2,1H3,(H,23,26). The number of nitrogens with one attached hydrogen (secondary N) is 1. The summed E-state index contributed by atoms with van der Waals surface area (Å²) >= 11 is 0. The van der Waals surface area contributed by atoms with Crippen molar-refractivity contribution >= 4 is 22.5 Å². The van der Waals surface area contributed by atoms with Crippen LogP contribution in [-0.4, -0.2) is 21.1 Å². The van der Waals surface area contributed by atoms with Gasteiger partial charge in [-0.1, -0.05) is 6.07 Å². The minimum atomic E-state index is -0.349. The summed E-state index contributed by atoms with van der Waals surface area (Å²) in [5.74, 6) is -0.129. The van der Waals surface area contributed by atoms with Crippen molar-refractivity contribution in [2.45, 2.75) is 13.3 Å². The summed E-state index contributed by atoms with van der Waals surface area (Å²) in [4.78, 5) is 16.5. The third-order valence-corrected chi connectivity index (χ3v) is 4.09. The molecule has 1 N–H and O–H groups in total. The number of hydrogen-bond donors (Lipinski definition) is 1. The Morgan fingerprint density at radius 1 is 1.15 bits per heavy atom. The molecule has 0 spiro atoms. The van der Waals surface area contributed by atoms with Crippen LogP contribution < -0.4 is 5.32 Å². The van der Waals surface area contributed by atoms with Gasteiger partial charge < -0.3 is 9.73 Å². The Kier molecular flexibility index (Phi) is 4.33. The topological polar surface area (TPSA) is 80.9 Å². The van der Waals surface area contributed by atoms with Crippen molar-refractivity contribution in [2.75, 3.05) is 5.32 Å². The van der Waals surface area contributed by atoms with Crippen LogP contribution in [0.5, 0.6) is 0 Å². The van der Waals surface area contributed by atoms with Crippen molar-refractivity contribution in [2.24, 2.45) is 0 Å². The molecule has 4 rings (SSSR count). The molecular weight excluding hydrogens is 347 g/mol. The quantitative estimate of drug-likeness (QED) is 0.595. The van der Waals surface area contributed by atoms with E-state index in [0.717, 1.165) is 16.5 Å². The number of fused-ring (bicyclic) bond motifs is 1. The number of hydrogen-bond acceptors (Lipinski definition) is 5. The molecular formula is C20H15FN4O2. The number of pyridine rings is 1. The van der Waals surface area contributed by atoms with E-state index in [9.17, 15) is 9.18 Å². The summed E-state index contributed by atoms with van der Waals surface area (Å²) in [6.45, 7) is 1.72. The molecule has 0 saturated carbocycles. The first-order chi connectivity index (χ1) is 13.1. The van der Waals surface area contributed by atoms with E-state index in [1.165, 1.54) is 18.2 Å². The summed E-state index contributed by atoms with van der Waals surface area (Å²) in [5, 5.41) is 11.6. The second-order valence-corrected chi connectivity index (χ2v) is 6.10. The van der Waals surface area contributed by atoms with E-state index in [-0.39, 0.29) is 24.0 Å². The van der Waals surface area contributed by atoms with Crippen LogP contribution in [0.3, 0.4) is 0 Å². The van der Waals surface area contributed by atoms with E-state index < -0.39 is 0 Å². The first kappa shape index (κ1) is 16.8. The van der Waals surface area contributed by atoms with E-state index in [1.807, 2.05) is 30.3 Å². The van der Waals surface area contributed by atoms with Crippen LogP contribution in [0.1, 0.15) is 11.5 Å². The van der Waals surface area contributed by atoms with Gasteiger partial charge in [0.15, 0.2) is 0 Å². The molecule has 2 aromatic carbocycles. The lowest BCUT2D eigenvalue weighted by Crippen LogP contribution is -2.15.